The van der Waals surface area contributed by atoms with Crippen molar-refractivity contribution in [1.82, 2.24) is 0 Å². The zero-order valence-electron chi connectivity index (χ0n) is 10.6. The van der Waals surface area contributed by atoms with Crippen LogP contribution in [0.1, 0.15) is 12.5 Å². The van der Waals surface area contributed by atoms with Gasteiger partial charge >= 0.3 is 0 Å². The van der Waals surface area contributed by atoms with Crippen LogP contribution in [0.25, 0.3) is 5.76 Å². The summed E-state index contributed by atoms with van der Waals surface area (Å²) in [4.78, 5) is 0. The van der Waals surface area contributed by atoms with Crippen LogP contribution < -0.4 is 9.47 Å². The Labute approximate surface area is 102 Å². The minimum atomic E-state index is 0.478. The highest BCUT2D eigenvalue weighted by atomic mass is 16.5. The molecule has 0 N–H and O–H groups in total. The van der Waals surface area contributed by atoms with E-state index in [0.29, 0.717) is 23.9 Å². The molecule has 1 aromatic carbocycles. The molecule has 0 heterocycles. The largest absolute Gasteiger partial charge is 0.497 e. The van der Waals surface area contributed by atoms with Gasteiger partial charge in [0.15, 0.2) is 0 Å². The van der Waals surface area contributed by atoms with E-state index in [9.17, 15) is 0 Å². The molecule has 1 rings (SSSR count). The third-order valence-electron chi connectivity index (χ3n) is 2.17. The van der Waals surface area contributed by atoms with Crippen LogP contribution in [0, 0.1) is 0 Å². The molecule has 0 fully saturated rings. The molecule has 17 heavy (non-hydrogen) atoms. The summed E-state index contributed by atoms with van der Waals surface area (Å²) in [6.07, 6.45) is 0. The summed E-state index contributed by atoms with van der Waals surface area (Å²) in [6, 6.07) is 5.52. The van der Waals surface area contributed by atoms with Crippen molar-refractivity contribution in [3.63, 3.8) is 0 Å². The van der Waals surface area contributed by atoms with Gasteiger partial charge < -0.3 is 14.2 Å². The number of benzene rings is 1. The fourth-order valence-electron chi connectivity index (χ4n) is 1.26. The second-order valence-corrected chi connectivity index (χ2v) is 3.77. The highest BCUT2D eigenvalue weighted by Crippen LogP contribution is 2.26. The van der Waals surface area contributed by atoms with E-state index in [1.807, 2.05) is 25.1 Å². The van der Waals surface area contributed by atoms with Gasteiger partial charge in [-0.15, -0.1) is 0 Å². The van der Waals surface area contributed by atoms with Crippen molar-refractivity contribution in [2.45, 2.75) is 6.92 Å². The number of ether oxygens (including phenoxy) is 3. The lowest BCUT2D eigenvalue weighted by atomic mass is 10.1. The van der Waals surface area contributed by atoms with Gasteiger partial charge in [-0.2, -0.15) is 0 Å². The minimum absolute atomic E-state index is 0.478. The zero-order valence-corrected chi connectivity index (χ0v) is 10.6. The highest BCUT2D eigenvalue weighted by Gasteiger charge is 2.05. The van der Waals surface area contributed by atoms with E-state index in [4.69, 9.17) is 14.2 Å². The molecule has 92 valence electrons. The molecule has 3 heteroatoms. The maximum absolute atomic E-state index is 5.57. The third kappa shape index (κ3) is 3.87. The Morgan fingerprint density at radius 2 is 1.76 bits per heavy atom. The molecule has 0 aliphatic carbocycles. The van der Waals surface area contributed by atoms with Crippen LogP contribution in [0.15, 0.2) is 36.9 Å². The maximum Gasteiger partial charge on any atom is 0.124 e. The van der Waals surface area contributed by atoms with Crippen molar-refractivity contribution in [2.75, 3.05) is 20.8 Å². The predicted octanol–water partition coefficient (Wildman–Crippen LogP) is 3.27. The normalized spacial score (nSPS) is 9.59. The van der Waals surface area contributed by atoms with E-state index in [2.05, 4.69) is 13.2 Å². The first kappa shape index (κ1) is 13.2. The molecule has 0 spiro atoms. The number of methoxy groups -OCH3 is 2. The highest BCUT2D eigenvalue weighted by molar-refractivity contribution is 5.61. The second-order valence-electron chi connectivity index (χ2n) is 3.77. The van der Waals surface area contributed by atoms with Crippen molar-refractivity contribution in [3.05, 3.63) is 42.5 Å². The van der Waals surface area contributed by atoms with Crippen LogP contribution in [-0.2, 0) is 4.74 Å². The molecule has 0 saturated carbocycles. The molecule has 0 bridgehead atoms. The van der Waals surface area contributed by atoms with E-state index < -0.39 is 0 Å². The van der Waals surface area contributed by atoms with Gasteiger partial charge in [0.1, 0.15) is 23.9 Å². The summed E-state index contributed by atoms with van der Waals surface area (Å²) < 4.78 is 15.9. The lowest BCUT2D eigenvalue weighted by Crippen LogP contribution is -1.99. The Hall–Kier alpha value is -1.90. The summed E-state index contributed by atoms with van der Waals surface area (Å²) in [5.41, 5.74) is 1.79. The van der Waals surface area contributed by atoms with Crippen LogP contribution in [0.2, 0.25) is 0 Å². The Morgan fingerprint density at radius 1 is 1.12 bits per heavy atom. The summed E-state index contributed by atoms with van der Waals surface area (Å²) in [7, 11) is 3.19. The number of rotatable bonds is 6. The fraction of sp³-hybridized carbons (Fsp3) is 0.286. The molecular weight excluding hydrogens is 216 g/mol. The van der Waals surface area contributed by atoms with Gasteiger partial charge in [-0.25, -0.2) is 0 Å². The van der Waals surface area contributed by atoms with Crippen LogP contribution in [0.4, 0.5) is 0 Å². The first-order chi connectivity index (χ1) is 8.06. The van der Waals surface area contributed by atoms with Crippen molar-refractivity contribution in [2.24, 2.45) is 0 Å². The molecule has 0 aromatic heterocycles. The molecule has 3 nitrogen and oxygen atoms in total. The molecule has 0 amide bonds. The van der Waals surface area contributed by atoms with Crippen molar-refractivity contribution >= 4 is 5.76 Å². The van der Waals surface area contributed by atoms with Gasteiger partial charge in [0.2, 0.25) is 0 Å². The monoisotopic (exact) mass is 234 g/mol. The third-order valence-corrected chi connectivity index (χ3v) is 2.17. The standard InChI is InChI=1S/C14H18O3/c1-10(2)9-17-14-7-12(11(3)15-4)6-13(8-14)16-5/h6-8H,1,3,9H2,2,4-5H3. The molecule has 0 unspecified atom stereocenters. The van der Waals surface area contributed by atoms with Crippen molar-refractivity contribution in [1.29, 1.82) is 0 Å². The summed E-state index contributed by atoms with van der Waals surface area (Å²) in [5.74, 6) is 1.99. The van der Waals surface area contributed by atoms with E-state index in [1.165, 1.54) is 0 Å². The van der Waals surface area contributed by atoms with E-state index in [-0.39, 0.29) is 0 Å². The molecule has 0 aliphatic heterocycles. The maximum atomic E-state index is 5.57. The zero-order chi connectivity index (χ0) is 12.8. The Bertz CT molecular complexity index is 421. The lowest BCUT2D eigenvalue weighted by Gasteiger charge is -2.11. The Morgan fingerprint density at radius 3 is 2.29 bits per heavy atom. The van der Waals surface area contributed by atoms with E-state index >= 15 is 0 Å². The van der Waals surface area contributed by atoms with Crippen LogP contribution in [0.3, 0.4) is 0 Å². The first-order valence-electron chi connectivity index (χ1n) is 5.26. The molecular formula is C14H18O3. The fourth-order valence-corrected chi connectivity index (χ4v) is 1.26. The average Bonchev–Trinajstić information content (AvgIpc) is 2.34. The molecule has 0 aliphatic rings. The van der Waals surface area contributed by atoms with Crippen LogP contribution in [-0.4, -0.2) is 20.8 Å². The van der Waals surface area contributed by atoms with Gasteiger partial charge in [0.25, 0.3) is 0 Å². The van der Waals surface area contributed by atoms with E-state index in [1.54, 1.807) is 14.2 Å². The lowest BCUT2D eigenvalue weighted by molar-refractivity contribution is 0.345. The van der Waals surface area contributed by atoms with Gasteiger partial charge in [-0.3, -0.25) is 0 Å². The summed E-state index contributed by atoms with van der Waals surface area (Å²) >= 11 is 0. The van der Waals surface area contributed by atoms with Crippen LogP contribution >= 0.6 is 0 Å². The molecule has 0 saturated heterocycles. The van der Waals surface area contributed by atoms with Crippen molar-refractivity contribution in [3.8, 4) is 11.5 Å². The van der Waals surface area contributed by atoms with E-state index in [0.717, 1.165) is 11.1 Å². The first-order valence-corrected chi connectivity index (χ1v) is 5.26. The molecule has 0 radical (unpaired) electrons. The predicted molar refractivity (Wildman–Crippen MR) is 69.3 cm³/mol. The van der Waals surface area contributed by atoms with Gasteiger partial charge in [-0.05, 0) is 24.6 Å². The van der Waals surface area contributed by atoms with Crippen LogP contribution in [0.5, 0.6) is 11.5 Å². The SMILES string of the molecule is C=C(C)COc1cc(OC)cc(C(=C)OC)c1. The summed E-state index contributed by atoms with van der Waals surface area (Å²) in [6.45, 7) is 9.98. The van der Waals surface area contributed by atoms with Gasteiger partial charge in [0, 0.05) is 11.6 Å². The number of hydrogen-bond acceptors (Lipinski definition) is 3. The average molecular weight is 234 g/mol. The van der Waals surface area contributed by atoms with Crippen molar-refractivity contribution < 1.29 is 14.2 Å². The topological polar surface area (TPSA) is 27.7 Å². The second kappa shape index (κ2) is 5.99. The molecule has 1 aromatic rings. The Balaban J connectivity index is 2.96. The van der Waals surface area contributed by atoms with Gasteiger partial charge in [-0.1, -0.05) is 13.2 Å². The van der Waals surface area contributed by atoms with Gasteiger partial charge in [0.05, 0.1) is 14.2 Å². The minimum Gasteiger partial charge on any atom is -0.497 e. The smallest absolute Gasteiger partial charge is 0.124 e. The number of hydrogen-bond donors (Lipinski definition) is 0. The Kier molecular flexibility index (Phi) is 4.64. The quantitative estimate of drug-likeness (QED) is 0.558. The summed E-state index contributed by atoms with van der Waals surface area (Å²) in [5, 5.41) is 0. The molecule has 0 atom stereocenters.